The molecule has 58 heavy (non-hydrogen) atoms. The van der Waals surface area contributed by atoms with Crippen molar-refractivity contribution in [2.24, 2.45) is 0 Å². The lowest BCUT2D eigenvalue weighted by atomic mass is 10.00. The molecule has 0 aliphatic carbocycles. The van der Waals surface area contributed by atoms with Crippen LogP contribution >= 0.6 is 0 Å². The second kappa shape index (κ2) is 46.8. The maximum Gasteiger partial charge on any atom is 0.249 e. The Morgan fingerprint density at radius 1 is 0.414 bits per heavy atom. The van der Waals surface area contributed by atoms with Gasteiger partial charge >= 0.3 is 0 Å². The molecule has 0 spiro atoms. The van der Waals surface area contributed by atoms with Crippen LogP contribution in [0, 0.1) is 0 Å². The normalized spacial score (nSPS) is 14.1. The molecular weight excluding hydrogens is 719 g/mol. The Hall–Kier alpha value is -1.21. The van der Waals surface area contributed by atoms with Crippen molar-refractivity contribution in [3.63, 3.8) is 0 Å². The van der Waals surface area contributed by atoms with E-state index >= 15 is 0 Å². The molecule has 6 heteroatoms. The molecule has 0 saturated carbocycles. The Balaban J connectivity index is 3.63. The van der Waals surface area contributed by atoms with Gasteiger partial charge in [0.05, 0.1) is 18.8 Å². The average molecular weight is 820 g/mol. The fraction of sp³-hybridized carbons (Fsp3) is 0.904. The molecule has 4 atom stereocenters. The number of aliphatic hydroxyl groups excluding tert-OH is 4. The summed E-state index contributed by atoms with van der Waals surface area (Å²) in [5.41, 5.74) is 0. The first kappa shape index (κ1) is 56.8. The van der Waals surface area contributed by atoms with Crippen LogP contribution < -0.4 is 5.32 Å². The van der Waals surface area contributed by atoms with Gasteiger partial charge in [0.2, 0.25) is 5.91 Å². The predicted octanol–water partition coefficient (Wildman–Crippen LogP) is 14.3. The van der Waals surface area contributed by atoms with Gasteiger partial charge in [-0.1, -0.05) is 244 Å². The number of allylic oxidation sites excluding steroid dienone is 4. The summed E-state index contributed by atoms with van der Waals surface area (Å²) in [7, 11) is 0. The molecular formula is C52H101NO5. The Morgan fingerprint density at radius 3 is 1.09 bits per heavy atom. The zero-order valence-corrected chi connectivity index (χ0v) is 38.8. The summed E-state index contributed by atoms with van der Waals surface area (Å²) in [6.07, 6.45) is 55.2. The molecule has 0 saturated heterocycles. The molecule has 0 aliphatic heterocycles. The van der Waals surface area contributed by atoms with Crippen molar-refractivity contribution in [3.05, 3.63) is 24.3 Å². The monoisotopic (exact) mass is 820 g/mol. The maximum absolute atomic E-state index is 12.5. The van der Waals surface area contributed by atoms with Gasteiger partial charge in [-0.15, -0.1) is 0 Å². The van der Waals surface area contributed by atoms with Crippen LogP contribution in [0.5, 0.6) is 0 Å². The van der Waals surface area contributed by atoms with Crippen LogP contribution in [-0.4, -0.2) is 57.3 Å². The minimum Gasteiger partial charge on any atom is -0.394 e. The quantitative estimate of drug-likeness (QED) is 0.0310. The summed E-state index contributed by atoms with van der Waals surface area (Å²) in [5.74, 6) is -0.593. The molecule has 1 amide bonds. The van der Waals surface area contributed by atoms with E-state index in [1.54, 1.807) is 0 Å². The van der Waals surface area contributed by atoms with Crippen molar-refractivity contribution >= 4 is 5.91 Å². The highest BCUT2D eigenvalue weighted by Gasteiger charge is 2.28. The van der Waals surface area contributed by atoms with Crippen LogP contribution in [0.4, 0.5) is 0 Å². The molecule has 6 nitrogen and oxygen atoms in total. The Labute approximate surface area is 361 Å². The lowest BCUT2D eigenvalue weighted by Crippen LogP contribution is -2.53. The highest BCUT2D eigenvalue weighted by atomic mass is 16.3. The SMILES string of the molecule is CCCCCCCC/C=C/CC/C=C/CCCC(O)C(O)C(CO)NC(=O)C(O)CCCCCCCCCCCCCCCCCCCCCCCCCCCCC. The minimum absolute atomic E-state index is 0.364. The van der Waals surface area contributed by atoms with E-state index < -0.39 is 36.9 Å². The molecule has 0 aromatic rings. The van der Waals surface area contributed by atoms with Gasteiger partial charge in [0.1, 0.15) is 12.2 Å². The maximum atomic E-state index is 12.5. The number of carbonyl (C=O) groups excluding carboxylic acids is 1. The number of carbonyl (C=O) groups is 1. The molecule has 0 rings (SSSR count). The van der Waals surface area contributed by atoms with Crippen molar-refractivity contribution in [1.82, 2.24) is 5.32 Å². The van der Waals surface area contributed by atoms with E-state index in [4.69, 9.17) is 0 Å². The number of nitrogens with one attached hydrogen (secondary N) is 1. The van der Waals surface area contributed by atoms with E-state index in [1.165, 1.54) is 199 Å². The van der Waals surface area contributed by atoms with Crippen molar-refractivity contribution in [1.29, 1.82) is 0 Å². The summed E-state index contributed by atoms with van der Waals surface area (Å²) < 4.78 is 0. The van der Waals surface area contributed by atoms with E-state index in [1.807, 2.05) is 0 Å². The second-order valence-electron chi connectivity index (χ2n) is 17.9. The zero-order valence-electron chi connectivity index (χ0n) is 38.8. The van der Waals surface area contributed by atoms with Gasteiger partial charge < -0.3 is 25.7 Å². The number of unbranched alkanes of at least 4 members (excludes halogenated alkanes) is 34. The van der Waals surface area contributed by atoms with Gasteiger partial charge in [0.15, 0.2) is 0 Å². The van der Waals surface area contributed by atoms with Crippen LogP contribution in [0.2, 0.25) is 0 Å². The average Bonchev–Trinajstić information content (AvgIpc) is 3.23. The fourth-order valence-corrected chi connectivity index (χ4v) is 8.07. The van der Waals surface area contributed by atoms with E-state index in [9.17, 15) is 25.2 Å². The molecule has 5 N–H and O–H groups in total. The van der Waals surface area contributed by atoms with Crippen LogP contribution in [0.1, 0.15) is 271 Å². The number of amides is 1. The lowest BCUT2D eigenvalue weighted by molar-refractivity contribution is -0.132. The second-order valence-corrected chi connectivity index (χ2v) is 17.9. The molecule has 0 aromatic heterocycles. The topological polar surface area (TPSA) is 110 Å². The van der Waals surface area contributed by atoms with Crippen LogP contribution in [0.3, 0.4) is 0 Å². The predicted molar refractivity (Wildman–Crippen MR) is 251 cm³/mol. The summed E-state index contributed by atoms with van der Waals surface area (Å²) >= 11 is 0. The Morgan fingerprint density at radius 2 is 0.724 bits per heavy atom. The molecule has 0 aromatic carbocycles. The Bertz CT molecular complexity index is 878. The zero-order chi connectivity index (χ0) is 42.4. The highest BCUT2D eigenvalue weighted by molar-refractivity contribution is 5.80. The van der Waals surface area contributed by atoms with E-state index in [-0.39, 0.29) is 0 Å². The third kappa shape index (κ3) is 40.2. The first-order valence-corrected chi connectivity index (χ1v) is 25.7. The summed E-state index contributed by atoms with van der Waals surface area (Å²) in [4.78, 5) is 12.5. The van der Waals surface area contributed by atoms with Crippen molar-refractivity contribution in [3.8, 4) is 0 Å². The third-order valence-corrected chi connectivity index (χ3v) is 12.1. The van der Waals surface area contributed by atoms with Gasteiger partial charge in [-0.3, -0.25) is 4.79 Å². The molecule has 344 valence electrons. The van der Waals surface area contributed by atoms with Crippen molar-refractivity contribution in [2.75, 3.05) is 6.61 Å². The van der Waals surface area contributed by atoms with Gasteiger partial charge in [-0.05, 0) is 51.4 Å². The van der Waals surface area contributed by atoms with Crippen molar-refractivity contribution < 1.29 is 25.2 Å². The smallest absolute Gasteiger partial charge is 0.249 e. The fourth-order valence-electron chi connectivity index (χ4n) is 8.07. The first-order valence-electron chi connectivity index (χ1n) is 25.7. The number of hydrogen-bond donors (Lipinski definition) is 5. The highest BCUT2D eigenvalue weighted by Crippen LogP contribution is 2.17. The number of aliphatic hydroxyl groups is 4. The van der Waals surface area contributed by atoms with Crippen LogP contribution in [-0.2, 0) is 4.79 Å². The van der Waals surface area contributed by atoms with E-state index in [2.05, 4.69) is 43.5 Å². The van der Waals surface area contributed by atoms with Crippen LogP contribution in [0.25, 0.3) is 0 Å². The summed E-state index contributed by atoms with van der Waals surface area (Å²) in [6.45, 7) is 4.05. The third-order valence-electron chi connectivity index (χ3n) is 12.1. The molecule has 0 bridgehead atoms. The minimum atomic E-state index is -1.29. The van der Waals surface area contributed by atoms with Crippen molar-refractivity contribution in [2.45, 2.75) is 295 Å². The first-order chi connectivity index (χ1) is 28.5. The molecule has 0 radical (unpaired) electrons. The molecule has 0 aliphatic rings. The molecule has 0 heterocycles. The van der Waals surface area contributed by atoms with Crippen LogP contribution in [0.15, 0.2) is 24.3 Å². The van der Waals surface area contributed by atoms with Gasteiger partial charge in [0.25, 0.3) is 0 Å². The van der Waals surface area contributed by atoms with Gasteiger partial charge in [-0.25, -0.2) is 0 Å². The number of rotatable bonds is 47. The van der Waals surface area contributed by atoms with E-state index in [0.717, 1.165) is 38.5 Å². The summed E-state index contributed by atoms with van der Waals surface area (Å²) in [6, 6.07) is -1.00. The van der Waals surface area contributed by atoms with E-state index in [0.29, 0.717) is 19.3 Å². The molecule has 0 fully saturated rings. The lowest BCUT2D eigenvalue weighted by Gasteiger charge is -2.27. The standard InChI is InChI=1S/C52H101NO5/c1-3-5-7-9-11-13-15-17-19-20-21-22-23-24-25-26-27-28-29-30-32-34-36-38-40-42-44-46-50(56)52(58)53-48(47-54)51(57)49(55)45-43-41-39-37-35-33-31-18-16-14-12-10-8-6-4-2/h18,31,37,39,48-51,54-57H,3-17,19-30,32-36,38,40-47H2,1-2H3,(H,53,58)/b31-18+,39-37+. The largest absolute Gasteiger partial charge is 0.394 e. The number of hydrogen-bond acceptors (Lipinski definition) is 5. The summed E-state index contributed by atoms with van der Waals surface area (Å²) in [5, 5.41) is 43.8. The Kier molecular flexibility index (Phi) is 45.9. The van der Waals surface area contributed by atoms with Gasteiger partial charge in [-0.2, -0.15) is 0 Å². The van der Waals surface area contributed by atoms with Gasteiger partial charge in [0, 0.05) is 0 Å². The molecule has 4 unspecified atom stereocenters.